The lowest BCUT2D eigenvalue weighted by Gasteiger charge is -2.24. The summed E-state index contributed by atoms with van der Waals surface area (Å²) in [6.07, 6.45) is -0.464. The lowest BCUT2D eigenvalue weighted by Crippen LogP contribution is -2.52. The molecule has 0 aliphatic carbocycles. The van der Waals surface area contributed by atoms with Gasteiger partial charge in [0.2, 0.25) is 11.8 Å². The second kappa shape index (κ2) is 4.52. The van der Waals surface area contributed by atoms with Crippen molar-refractivity contribution in [2.45, 2.75) is 13.0 Å². The van der Waals surface area contributed by atoms with Crippen LogP contribution in [-0.4, -0.2) is 22.7 Å². The molecule has 94 valence electrons. The van der Waals surface area contributed by atoms with Gasteiger partial charge in [0, 0.05) is 11.6 Å². The van der Waals surface area contributed by atoms with Gasteiger partial charge >= 0.3 is 6.03 Å². The Hall–Kier alpha value is -2.31. The fraction of sp³-hybridized carbons (Fsp3) is 0.182. The van der Waals surface area contributed by atoms with E-state index in [0.717, 1.165) is 12.1 Å². The summed E-state index contributed by atoms with van der Waals surface area (Å²) in [5.74, 6) is -3.01. The number of benzene rings is 1. The minimum atomic E-state index is -0.903. The third-order valence-electron chi connectivity index (χ3n) is 2.45. The SMILES string of the molecule is O=C1CC(=O)N(Cc2ccc(F)cc2F)C(=O)N1. The maximum atomic E-state index is 13.4. The van der Waals surface area contributed by atoms with Gasteiger partial charge in [-0.2, -0.15) is 0 Å². The van der Waals surface area contributed by atoms with E-state index in [1.165, 1.54) is 0 Å². The van der Waals surface area contributed by atoms with Crippen molar-refractivity contribution in [3.05, 3.63) is 35.4 Å². The third kappa shape index (κ3) is 2.34. The molecular weight excluding hydrogens is 246 g/mol. The van der Waals surface area contributed by atoms with Crippen LogP contribution in [0.2, 0.25) is 0 Å². The second-order valence-electron chi connectivity index (χ2n) is 3.75. The number of urea groups is 1. The molecule has 1 aliphatic heterocycles. The van der Waals surface area contributed by atoms with Gasteiger partial charge in [0.05, 0.1) is 6.54 Å². The van der Waals surface area contributed by atoms with E-state index in [4.69, 9.17) is 0 Å². The highest BCUT2D eigenvalue weighted by atomic mass is 19.1. The predicted molar refractivity (Wildman–Crippen MR) is 55.1 cm³/mol. The Kier molecular flexibility index (Phi) is 3.05. The molecule has 1 aromatic rings. The Balaban J connectivity index is 2.20. The Morgan fingerprint density at radius 2 is 1.94 bits per heavy atom. The first kappa shape index (κ1) is 12.2. The number of amides is 4. The standard InChI is InChI=1S/C11H8F2N2O3/c12-7-2-1-6(8(13)3-7)5-15-10(17)4-9(16)14-11(15)18/h1-3H,4-5H2,(H,14,16,18). The molecular formula is C11H8F2N2O3. The number of nitrogens with one attached hydrogen (secondary N) is 1. The highest BCUT2D eigenvalue weighted by molar-refractivity contribution is 6.13. The smallest absolute Gasteiger partial charge is 0.277 e. The number of rotatable bonds is 2. The zero-order valence-corrected chi connectivity index (χ0v) is 9.07. The molecule has 0 saturated carbocycles. The Morgan fingerprint density at radius 3 is 2.56 bits per heavy atom. The largest absolute Gasteiger partial charge is 0.331 e. The van der Waals surface area contributed by atoms with Gasteiger partial charge in [-0.05, 0) is 6.07 Å². The van der Waals surface area contributed by atoms with Crippen LogP contribution < -0.4 is 5.32 Å². The average molecular weight is 254 g/mol. The molecule has 18 heavy (non-hydrogen) atoms. The average Bonchev–Trinajstić information content (AvgIpc) is 2.25. The normalized spacial score (nSPS) is 15.9. The molecule has 0 unspecified atom stereocenters. The van der Waals surface area contributed by atoms with Gasteiger partial charge in [0.15, 0.2) is 0 Å². The zero-order valence-electron chi connectivity index (χ0n) is 9.07. The van der Waals surface area contributed by atoms with E-state index in [1.54, 1.807) is 0 Å². The summed E-state index contributed by atoms with van der Waals surface area (Å²) < 4.78 is 26.0. The molecule has 1 heterocycles. The first-order chi connectivity index (χ1) is 8.47. The topological polar surface area (TPSA) is 66.5 Å². The van der Waals surface area contributed by atoms with E-state index in [-0.39, 0.29) is 12.1 Å². The monoisotopic (exact) mass is 254 g/mol. The summed E-state index contributed by atoms with van der Waals surface area (Å²) in [7, 11) is 0. The van der Waals surface area contributed by atoms with Gasteiger partial charge in [0.1, 0.15) is 18.1 Å². The van der Waals surface area contributed by atoms with Gasteiger partial charge in [-0.3, -0.25) is 19.8 Å². The van der Waals surface area contributed by atoms with Crippen LogP contribution in [0, 0.1) is 11.6 Å². The maximum absolute atomic E-state index is 13.4. The molecule has 0 spiro atoms. The number of imide groups is 2. The number of hydrogen-bond donors (Lipinski definition) is 1. The molecule has 4 amide bonds. The molecule has 1 N–H and O–H groups in total. The van der Waals surface area contributed by atoms with Crippen LogP contribution in [0.3, 0.4) is 0 Å². The van der Waals surface area contributed by atoms with Crippen LogP contribution >= 0.6 is 0 Å². The fourth-order valence-electron chi connectivity index (χ4n) is 1.56. The van der Waals surface area contributed by atoms with Crippen molar-refractivity contribution < 1.29 is 23.2 Å². The Morgan fingerprint density at radius 1 is 1.22 bits per heavy atom. The number of carbonyl (C=O) groups is 3. The summed E-state index contributed by atoms with van der Waals surface area (Å²) in [4.78, 5) is 34.4. The third-order valence-corrected chi connectivity index (χ3v) is 2.45. The van der Waals surface area contributed by atoms with Gasteiger partial charge < -0.3 is 0 Å². The number of barbiturate groups is 1. The molecule has 0 radical (unpaired) electrons. The highest BCUT2D eigenvalue weighted by Gasteiger charge is 2.31. The summed E-state index contributed by atoms with van der Waals surface area (Å²) in [5, 5.41) is 1.94. The van der Waals surface area contributed by atoms with Crippen LogP contribution in [-0.2, 0) is 16.1 Å². The summed E-state index contributed by atoms with van der Waals surface area (Å²) >= 11 is 0. The zero-order chi connectivity index (χ0) is 13.3. The lowest BCUT2D eigenvalue weighted by molar-refractivity contribution is -0.136. The number of hydrogen-bond acceptors (Lipinski definition) is 3. The van der Waals surface area contributed by atoms with Crippen molar-refractivity contribution in [3.8, 4) is 0 Å². The fourth-order valence-corrected chi connectivity index (χ4v) is 1.56. The van der Waals surface area contributed by atoms with Gasteiger partial charge in [0.25, 0.3) is 0 Å². The van der Waals surface area contributed by atoms with Crippen LogP contribution in [0.15, 0.2) is 18.2 Å². The van der Waals surface area contributed by atoms with Crippen molar-refractivity contribution in [3.63, 3.8) is 0 Å². The molecule has 5 nitrogen and oxygen atoms in total. The van der Waals surface area contributed by atoms with Crippen LogP contribution in [0.5, 0.6) is 0 Å². The molecule has 1 aliphatic rings. The van der Waals surface area contributed by atoms with E-state index in [9.17, 15) is 23.2 Å². The second-order valence-corrected chi connectivity index (χ2v) is 3.75. The molecule has 1 aromatic carbocycles. The molecule has 0 bridgehead atoms. The van der Waals surface area contributed by atoms with E-state index in [0.29, 0.717) is 11.0 Å². The Bertz CT molecular complexity index is 525. The molecule has 2 rings (SSSR count). The minimum absolute atomic E-state index is 0.00533. The maximum Gasteiger partial charge on any atom is 0.331 e. The quantitative estimate of drug-likeness (QED) is 0.798. The van der Waals surface area contributed by atoms with Crippen molar-refractivity contribution in [2.24, 2.45) is 0 Å². The van der Waals surface area contributed by atoms with E-state index in [2.05, 4.69) is 0 Å². The summed E-state index contributed by atoms with van der Waals surface area (Å²) in [6, 6.07) is 1.92. The molecule has 1 saturated heterocycles. The van der Waals surface area contributed by atoms with Gasteiger partial charge in [-0.1, -0.05) is 6.07 Å². The molecule has 0 aromatic heterocycles. The van der Waals surface area contributed by atoms with Crippen molar-refractivity contribution in [1.82, 2.24) is 10.2 Å². The van der Waals surface area contributed by atoms with Crippen LogP contribution in [0.4, 0.5) is 13.6 Å². The lowest BCUT2D eigenvalue weighted by atomic mass is 10.1. The summed E-state index contributed by atoms with van der Waals surface area (Å²) in [6.45, 7) is -0.343. The van der Waals surface area contributed by atoms with Crippen LogP contribution in [0.25, 0.3) is 0 Å². The number of carbonyl (C=O) groups excluding carboxylic acids is 3. The predicted octanol–water partition coefficient (Wildman–Crippen LogP) is 0.933. The van der Waals surface area contributed by atoms with Crippen LogP contribution in [0.1, 0.15) is 12.0 Å². The summed E-state index contributed by atoms with van der Waals surface area (Å²) in [5.41, 5.74) is -0.00533. The van der Waals surface area contributed by atoms with Crippen molar-refractivity contribution >= 4 is 17.8 Å². The van der Waals surface area contributed by atoms with E-state index < -0.39 is 35.9 Å². The highest BCUT2D eigenvalue weighted by Crippen LogP contribution is 2.14. The van der Waals surface area contributed by atoms with Crippen molar-refractivity contribution in [2.75, 3.05) is 0 Å². The first-order valence-corrected chi connectivity index (χ1v) is 5.05. The Labute approximate surface area is 100 Å². The molecule has 7 heteroatoms. The van der Waals surface area contributed by atoms with E-state index >= 15 is 0 Å². The molecule has 0 atom stereocenters. The van der Waals surface area contributed by atoms with Gasteiger partial charge in [-0.25, -0.2) is 13.6 Å². The van der Waals surface area contributed by atoms with E-state index in [1.807, 2.05) is 5.32 Å². The molecule has 1 fully saturated rings. The van der Waals surface area contributed by atoms with Crippen molar-refractivity contribution in [1.29, 1.82) is 0 Å². The van der Waals surface area contributed by atoms with Gasteiger partial charge in [-0.15, -0.1) is 0 Å². The number of halogens is 2. The first-order valence-electron chi connectivity index (χ1n) is 5.05. The number of nitrogens with zero attached hydrogens (tertiary/aromatic N) is 1. The minimum Gasteiger partial charge on any atom is -0.277 e.